The van der Waals surface area contributed by atoms with E-state index < -0.39 is 18.2 Å². The molecular weight excluding hydrogens is 198 g/mol. The summed E-state index contributed by atoms with van der Waals surface area (Å²) < 4.78 is 11.7. The molecule has 6 heteroatoms. The van der Waals surface area contributed by atoms with Crippen molar-refractivity contribution < 1.29 is 9.47 Å². The van der Waals surface area contributed by atoms with Gasteiger partial charge in [-0.05, 0) is 18.2 Å². The van der Waals surface area contributed by atoms with Gasteiger partial charge in [0, 0.05) is 13.3 Å². The van der Waals surface area contributed by atoms with Gasteiger partial charge in [0.05, 0.1) is 0 Å². The van der Waals surface area contributed by atoms with Gasteiger partial charge in [-0.1, -0.05) is 0 Å². The standard InChI is InChI=1S/C9H11N3O3/c1-14-8-3-2-7(15-8)12-5-4-6(10)11-9(12)13/h2-5,7-8H,1H3,(H2,10,11,13). The van der Waals surface area contributed by atoms with Crippen LogP contribution in [-0.2, 0) is 9.47 Å². The third-order valence-electron chi connectivity index (χ3n) is 2.06. The average Bonchev–Trinajstić information content (AvgIpc) is 2.66. The van der Waals surface area contributed by atoms with Crippen LogP contribution >= 0.6 is 0 Å². The van der Waals surface area contributed by atoms with Gasteiger partial charge in [0.2, 0.25) is 0 Å². The Kier molecular flexibility index (Phi) is 2.53. The number of anilines is 1. The number of nitrogen functional groups attached to an aromatic ring is 1. The van der Waals surface area contributed by atoms with Crippen molar-refractivity contribution >= 4 is 5.82 Å². The first kappa shape index (κ1) is 9.88. The first-order valence-corrected chi connectivity index (χ1v) is 4.42. The van der Waals surface area contributed by atoms with Crippen LogP contribution in [0.2, 0.25) is 0 Å². The van der Waals surface area contributed by atoms with Crippen LogP contribution in [0, 0.1) is 0 Å². The molecule has 1 aromatic rings. The molecule has 0 saturated carbocycles. The fraction of sp³-hybridized carbons (Fsp3) is 0.333. The van der Waals surface area contributed by atoms with Crippen molar-refractivity contribution in [2.75, 3.05) is 12.8 Å². The maximum Gasteiger partial charge on any atom is 0.351 e. The van der Waals surface area contributed by atoms with Gasteiger partial charge in [0.25, 0.3) is 0 Å². The lowest BCUT2D eigenvalue weighted by Crippen LogP contribution is -2.27. The van der Waals surface area contributed by atoms with E-state index in [-0.39, 0.29) is 5.82 Å². The molecule has 1 aromatic heterocycles. The molecule has 0 fully saturated rings. The van der Waals surface area contributed by atoms with E-state index in [1.165, 1.54) is 17.9 Å². The minimum Gasteiger partial charge on any atom is -0.383 e. The van der Waals surface area contributed by atoms with Crippen molar-refractivity contribution in [1.82, 2.24) is 9.55 Å². The van der Waals surface area contributed by atoms with Gasteiger partial charge < -0.3 is 15.2 Å². The van der Waals surface area contributed by atoms with E-state index in [4.69, 9.17) is 15.2 Å². The highest BCUT2D eigenvalue weighted by atomic mass is 16.7. The maximum absolute atomic E-state index is 11.4. The molecule has 15 heavy (non-hydrogen) atoms. The van der Waals surface area contributed by atoms with Gasteiger partial charge >= 0.3 is 5.69 Å². The molecule has 80 valence electrons. The summed E-state index contributed by atoms with van der Waals surface area (Å²) in [4.78, 5) is 15.0. The second-order valence-corrected chi connectivity index (χ2v) is 3.06. The minimum atomic E-state index is -0.476. The highest BCUT2D eigenvalue weighted by Crippen LogP contribution is 2.19. The quantitative estimate of drug-likeness (QED) is 0.687. The number of aromatic nitrogens is 2. The largest absolute Gasteiger partial charge is 0.383 e. The highest BCUT2D eigenvalue weighted by Gasteiger charge is 2.20. The van der Waals surface area contributed by atoms with Crippen LogP contribution in [0.1, 0.15) is 6.23 Å². The molecule has 0 bridgehead atoms. The average molecular weight is 209 g/mol. The minimum absolute atomic E-state index is 0.196. The normalized spacial score (nSPS) is 24.6. The molecule has 1 aliphatic rings. The Labute approximate surface area is 85.9 Å². The first-order chi connectivity index (χ1) is 7.20. The lowest BCUT2D eigenvalue weighted by molar-refractivity contribution is -0.119. The number of rotatable bonds is 2. The predicted molar refractivity (Wildman–Crippen MR) is 53.0 cm³/mol. The van der Waals surface area contributed by atoms with Crippen molar-refractivity contribution in [1.29, 1.82) is 0 Å². The van der Waals surface area contributed by atoms with Crippen LogP contribution < -0.4 is 11.4 Å². The highest BCUT2D eigenvalue weighted by molar-refractivity contribution is 5.23. The van der Waals surface area contributed by atoms with Crippen molar-refractivity contribution in [3.8, 4) is 0 Å². The Hall–Kier alpha value is -1.66. The molecule has 2 unspecified atom stereocenters. The Bertz CT molecular complexity index is 440. The van der Waals surface area contributed by atoms with Crippen LogP contribution in [0.4, 0.5) is 5.82 Å². The second kappa shape index (κ2) is 3.84. The van der Waals surface area contributed by atoms with E-state index in [9.17, 15) is 4.79 Å². The van der Waals surface area contributed by atoms with Gasteiger partial charge in [0.15, 0.2) is 12.5 Å². The third kappa shape index (κ3) is 1.90. The Morgan fingerprint density at radius 2 is 2.40 bits per heavy atom. The first-order valence-electron chi connectivity index (χ1n) is 4.42. The van der Waals surface area contributed by atoms with Crippen LogP contribution in [0.3, 0.4) is 0 Å². The summed E-state index contributed by atoms with van der Waals surface area (Å²) in [6.45, 7) is 0. The van der Waals surface area contributed by atoms with Crippen LogP contribution in [0.25, 0.3) is 0 Å². The molecule has 0 saturated heterocycles. The van der Waals surface area contributed by atoms with E-state index in [1.807, 2.05) is 0 Å². The van der Waals surface area contributed by atoms with Gasteiger partial charge in [0.1, 0.15) is 5.82 Å². The van der Waals surface area contributed by atoms with Gasteiger partial charge in [-0.25, -0.2) is 4.79 Å². The number of methoxy groups -OCH3 is 1. The number of hydrogen-bond acceptors (Lipinski definition) is 5. The molecule has 2 rings (SSSR count). The van der Waals surface area contributed by atoms with Crippen molar-refractivity contribution in [2.45, 2.75) is 12.5 Å². The molecule has 2 heterocycles. The molecule has 0 radical (unpaired) electrons. The number of hydrogen-bond donors (Lipinski definition) is 1. The van der Waals surface area contributed by atoms with Crippen molar-refractivity contribution in [3.63, 3.8) is 0 Å². The van der Waals surface area contributed by atoms with Crippen LogP contribution in [-0.4, -0.2) is 23.0 Å². The number of ether oxygens (including phenoxy) is 2. The lowest BCUT2D eigenvalue weighted by Gasteiger charge is -2.14. The summed E-state index contributed by atoms with van der Waals surface area (Å²) in [5, 5.41) is 0. The summed E-state index contributed by atoms with van der Waals surface area (Å²) in [7, 11) is 1.53. The Balaban J connectivity index is 2.25. The van der Waals surface area contributed by atoms with Gasteiger partial charge in [-0.15, -0.1) is 0 Å². The third-order valence-corrected chi connectivity index (χ3v) is 2.06. The zero-order valence-electron chi connectivity index (χ0n) is 8.16. The number of nitrogens with two attached hydrogens (primary N) is 1. The van der Waals surface area contributed by atoms with Crippen molar-refractivity contribution in [3.05, 3.63) is 34.9 Å². The molecule has 6 nitrogen and oxygen atoms in total. The summed E-state index contributed by atoms with van der Waals surface area (Å²) >= 11 is 0. The zero-order valence-corrected chi connectivity index (χ0v) is 8.16. The molecular formula is C9H11N3O3. The topological polar surface area (TPSA) is 79.4 Å². The Morgan fingerprint density at radius 1 is 1.60 bits per heavy atom. The van der Waals surface area contributed by atoms with Crippen molar-refractivity contribution in [2.24, 2.45) is 0 Å². The summed E-state index contributed by atoms with van der Waals surface area (Å²) in [5.74, 6) is 0.196. The summed E-state index contributed by atoms with van der Waals surface area (Å²) in [6.07, 6.45) is 4.11. The number of nitrogens with zero attached hydrogens (tertiary/aromatic N) is 2. The molecule has 1 aliphatic heterocycles. The summed E-state index contributed by atoms with van der Waals surface area (Å²) in [6, 6.07) is 1.54. The van der Waals surface area contributed by atoms with Crippen LogP contribution in [0.15, 0.2) is 29.2 Å². The Morgan fingerprint density at radius 3 is 3.00 bits per heavy atom. The monoisotopic (exact) mass is 209 g/mol. The zero-order chi connectivity index (χ0) is 10.8. The van der Waals surface area contributed by atoms with E-state index in [0.29, 0.717) is 0 Å². The summed E-state index contributed by atoms with van der Waals surface area (Å²) in [5.41, 5.74) is 4.93. The van der Waals surface area contributed by atoms with Crippen LogP contribution in [0.5, 0.6) is 0 Å². The lowest BCUT2D eigenvalue weighted by atomic mass is 10.5. The predicted octanol–water partition coefficient (Wildman–Crippen LogP) is -0.117. The molecule has 0 aromatic carbocycles. The van der Waals surface area contributed by atoms with Gasteiger partial charge in [-0.2, -0.15) is 4.98 Å². The smallest absolute Gasteiger partial charge is 0.351 e. The maximum atomic E-state index is 11.4. The molecule has 0 amide bonds. The molecule has 0 aliphatic carbocycles. The fourth-order valence-electron chi connectivity index (χ4n) is 1.33. The fourth-order valence-corrected chi connectivity index (χ4v) is 1.33. The van der Waals surface area contributed by atoms with E-state index in [2.05, 4.69) is 4.98 Å². The van der Waals surface area contributed by atoms with E-state index in [0.717, 1.165) is 0 Å². The SMILES string of the molecule is COC1C=CC(n2ccc(N)nc2=O)O1. The van der Waals surface area contributed by atoms with E-state index in [1.54, 1.807) is 18.2 Å². The molecule has 0 spiro atoms. The molecule has 2 N–H and O–H groups in total. The molecule has 2 atom stereocenters. The second-order valence-electron chi connectivity index (χ2n) is 3.06. The van der Waals surface area contributed by atoms with Gasteiger partial charge in [-0.3, -0.25) is 4.57 Å². The van der Waals surface area contributed by atoms with E-state index >= 15 is 0 Å².